The zero-order valence-corrected chi connectivity index (χ0v) is 24.1. The van der Waals surface area contributed by atoms with Gasteiger partial charge in [-0.25, -0.2) is 0 Å². The number of ether oxygens (including phenoxy) is 2. The van der Waals surface area contributed by atoms with E-state index in [1.54, 1.807) is 6.07 Å². The third-order valence-electron chi connectivity index (χ3n) is 8.56. The molecular formula is C34H37N5O3. The van der Waals surface area contributed by atoms with Crippen molar-refractivity contribution in [3.05, 3.63) is 99.6 Å². The summed E-state index contributed by atoms with van der Waals surface area (Å²) in [6.07, 6.45) is 4.94. The number of aromatic amines is 1. The third-order valence-corrected chi connectivity index (χ3v) is 8.56. The SMILES string of the molecule is Cc1ccc(CN2CCC(Nc3ccc4c(c3)Cc3cccc(-c5cc(N6CCOCC6)cc(=O)[nH]5)c3O4)CC2)nc1. The van der Waals surface area contributed by atoms with Gasteiger partial charge in [0.2, 0.25) is 5.56 Å². The molecule has 4 aromatic rings. The molecular weight excluding hydrogens is 526 g/mol. The van der Waals surface area contributed by atoms with Gasteiger partial charge in [-0.1, -0.05) is 18.2 Å². The first-order valence-corrected chi connectivity index (χ1v) is 15.0. The van der Waals surface area contributed by atoms with E-state index in [4.69, 9.17) is 9.47 Å². The van der Waals surface area contributed by atoms with Crippen LogP contribution in [0.5, 0.6) is 11.5 Å². The topological polar surface area (TPSA) is 82.7 Å². The van der Waals surface area contributed by atoms with E-state index < -0.39 is 0 Å². The molecule has 2 aromatic heterocycles. The lowest BCUT2D eigenvalue weighted by Gasteiger charge is -2.33. The maximum atomic E-state index is 12.6. The van der Waals surface area contributed by atoms with Crippen molar-refractivity contribution in [2.75, 3.05) is 49.6 Å². The molecule has 0 amide bonds. The Bertz CT molecular complexity index is 1620. The van der Waals surface area contributed by atoms with Gasteiger partial charge >= 0.3 is 0 Å². The highest BCUT2D eigenvalue weighted by Crippen LogP contribution is 2.43. The molecule has 0 aliphatic carbocycles. The number of H-pyrrole nitrogens is 1. The van der Waals surface area contributed by atoms with Gasteiger partial charge in [-0.3, -0.25) is 14.7 Å². The molecule has 3 aliphatic heterocycles. The molecule has 0 radical (unpaired) electrons. The number of anilines is 2. The molecule has 2 saturated heterocycles. The van der Waals surface area contributed by atoms with Gasteiger partial charge in [-0.05, 0) is 67.3 Å². The summed E-state index contributed by atoms with van der Waals surface area (Å²) in [4.78, 5) is 25.0. The number of para-hydroxylation sites is 1. The van der Waals surface area contributed by atoms with Gasteiger partial charge in [-0.15, -0.1) is 0 Å². The van der Waals surface area contributed by atoms with Gasteiger partial charge in [0.05, 0.1) is 24.6 Å². The summed E-state index contributed by atoms with van der Waals surface area (Å²) in [6, 6.07) is 21.1. The van der Waals surface area contributed by atoms with Gasteiger partial charge in [0.1, 0.15) is 11.5 Å². The molecule has 3 aliphatic rings. The predicted molar refractivity (Wildman–Crippen MR) is 166 cm³/mol. The zero-order chi connectivity index (χ0) is 28.5. The van der Waals surface area contributed by atoms with E-state index in [1.807, 2.05) is 18.3 Å². The highest BCUT2D eigenvalue weighted by molar-refractivity contribution is 5.74. The average Bonchev–Trinajstić information content (AvgIpc) is 3.02. The number of hydrogen-bond donors (Lipinski definition) is 2. The van der Waals surface area contributed by atoms with Gasteiger partial charge in [0.15, 0.2) is 0 Å². The molecule has 42 heavy (non-hydrogen) atoms. The fourth-order valence-electron chi connectivity index (χ4n) is 6.25. The number of piperidine rings is 1. The molecule has 0 spiro atoms. The van der Waals surface area contributed by atoms with Crippen LogP contribution in [0.4, 0.5) is 11.4 Å². The van der Waals surface area contributed by atoms with Crippen molar-refractivity contribution in [2.24, 2.45) is 0 Å². The fourth-order valence-corrected chi connectivity index (χ4v) is 6.25. The van der Waals surface area contributed by atoms with Crippen molar-refractivity contribution in [1.29, 1.82) is 0 Å². The van der Waals surface area contributed by atoms with Crippen molar-refractivity contribution in [3.8, 4) is 22.8 Å². The molecule has 8 nitrogen and oxygen atoms in total. The van der Waals surface area contributed by atoms with Crippen molar-refractivity contribution in [3.63, 3.8) is 0 Å². The Kier molecular flexibility index (Phi) is 7.40. The minimum absolute atomic E-state index is 0.115. The number of likely N-dealkylation sites (tertiary alicyclic amines) is 1. The van der Waals surface area contributed by atoms with E-state index in [1.165, 1.54) is 11.1 Å². The quantitative estimate of drug-likeness (QED) is 0.288. The average molecular weight is 564 g/mol. The molecule has 2 N–H and O–H groups in total. The maximum Gasteiger partial charge on any atom is 0.250 e. The molecule has 2 fully saturated rings. The largest absolute Gasteiger partial charge is 0.456 e. The van der Waals surface area contributed by atoms with Crippen molar-refractivity contribution in [2.45, 2.75) is 38.8 Å². The molecule has 0 saturated carbocycles. The minimum atomic E-state index is -0.115. The van der Waals surface area contributed by atoms with Crippen LogP contribution in [0.15, 0.2) is 71.7 Å². The predicted octanol–water partition coefficient (Wildman–Crippen LogP) is 5.35. The van der Waals surface area contributed by atoms with Gasteiger partial charge in [0.25, 0.3) is 0 Å². The minimum Gasteiger partial charge on any atom is -0.456 e. The summed E-state index contributed by atoms with van der Waals surface area (Å²) in [6.45, 7) is 8.01. The first-order chi connectivity index (χ1) is 20.6. The lowest BCUT2D eigenvalue weighted by Crippen LogP contribution is -2.38. The summed E-state index contributed by atoms with van der Waals surface area (Å²) >= 11 is 0. The Morgan fingerprint density at radius 3 is 2.64 bits per heavy atom. The first-order valence-electron chi connectivity index (χ1n) is 15.0. The fraction of sp³-hybridized carbons (Fsp3) is 0.353. The number of aromatic nitrogens is 2. The van der Waals surface area contributed by atoms with E-state index >= 15 is 0 Å². The lowest BCUT2D eigenvalue weighted by molar-refractivity contribution is 0.122. The van der Waals surface area contributed by atoms with Crippen LogP contribution in [0.2, 0.25) is 0 Å². The summed E-state index contributed by atoms with van der Waals surface area (Å²) in [5.41, 5.74) is 8.24. The standard InChI is InChI=1S/C34H37N5O3/c1-23-5-6-28(35-21-23)22-38-11-9-26(10-12-38)36-27-7-8-32-25(18-27)17-24-3-2-4-30(34(24)42-32)31-19-29(20-33(40)37-31)39-13-15-41-16-14-39/h2-8,18-21,26,36H,9-17,22H2,1H3,(H,37,40). The molecule has 5 heterocycles. The smallest absolute Gasteiger partial charge is 0.250 e. The van der Waals surface area contributed by atoms with Crippen molar-refractivity contribution >= 4 is 11.4 Å². The Morgan fingerprint density at radius 2 is 1.83 bits per heavy atom. The Morgan fingerprint density at radius 1 is 0.976 bits per heavy atom. The Hall–Kier alpha value is -4.14. The van der Waals surface area contributed by atoms with Crippen LogP contribution >= 0.6 is 0 Å². The second-order valence-corrected chi connectivity index (χ2v) is 11.6. The van der Waals surface area contributed by atoms with Crippen LogP contribution < -0.4 is 20.5 Å². The van der Waals surface area contributed by atoms with E-state index in [9.17, 15) is 4.79 Å². The number of benzene rings is 2. The van der Waals surface area contributed by atoms with Crippen LogP contribution in [-0.4, -0.2) is 60.3 Å². The number of rotatable bonds is 6. The van der Waals surface area contributed by atoms with Crippen LogP contribution in [0.1, 0.15) is 35.2 Å². The second-order valence-electron chi connectivity index (χ2n) is 11.6. The number of hydrogen-bond acceptors (Lipinski definition) is 7. The normalized spacial score (nSPS) is 17.3. The molecule has 7 rings (SSSR count). The number of morpholine rings is 1. The van der Waals surface area contributed by atoms with Gasteiger partial charge in [-0.2, -0.15) is 0 Å². The van der Waals surface area contributed by atoms with Crippen LogP contribution in [-0.2, 0) is 17.7 Å². The third kappa shape index (κ3) is 5.78. The van der Waals surface area contributed by atoms with E-state index in [0.29, 0.717) is 19.3 Å². The lowest BCUT2D eigenvalue weighted by atomic mass is 9.95. The van der Waals surface area contributed by atoms with Crippen molar-refractivity contribution in [1.82, 2.24) is 14.9 Å². The van der Waals surface area contributed by atoms with E-state index in [-0.39, 0.29) is 5.56 Å². The second kappa shape index (κ2) is 11.6. The summed E-state index contributed by atoms with van der Waals surface area (Å²) in [5.74, 6) is 1.68. The monoisotopic (exact) mass is 563 g/mol. The summed E-state index contributed by atoms with van der Waals surface area (Å²) in [5, 5.41) is 3.78. The highest BCUT2D eigenvalue weighted by atomic mass is 16.5. The number of pyridine rings is 2. The molecule has 0 atom stereocenters. The number of nitrogens with one attached hydrogen (secondary N) is 2. The van der Waals surface area contributed by atoms with Crippen LogP contribution in [0.25, 0.3) is 11.3 Å². The van der Waals surface area contributed by atoms with Gasteiger partial charge in [0, 0.05) is 80.0 Å². The molecule has 0 bridgehead atoms. The van der Waals surface area contributed by atoms with E-state index in [2.05, 4.69) is 74.5 Å². The Balaban J connectivity index is 1.03. The Labute approximate surface area is 246 Å². The van der Waals surface area contributed by atoms with Crippen molar-refractivity contribution < 1.29 is 9.47 Å². The number of fused-ring (bicyclic) bond motifs is 2. The zero-order valence-electron chi connectivity index (χ0n) is 24.1. The molecule has 0 unspecified atom stereocenters. The van der Waals surface area contributed by atoms with Crippen LogP contribution in [0.3, 0.4) is 0 Å². The molecule has 8 heteroatoms. The summed E-state index contributed by atoms with van der Waals surface area (Å²) < 4.78 is 12.0. The first kappa shape index (κ1) is 26.7. The van der Waals surface area contributed by atoms with E-state index in [0.717, 1.165) is 97.4 Å². The molecule has 216 valence electrons. The van der Waals surface area contributed by atoms with Gasteiger partial charge < -0.3 is 24.7 Å². The summed E-state index contributed by atoms with van der Waals surface area (Å²) in [7, 11) is 0. The maximum absolute atomic E-state index is 12.6. The molecule has 2 aromatic carbocycles. The number of nitrogens with zero attached hydrogens (tertiary/aromatic N) is 3. The highest BCUT2D eigenvalue weighted by Gasteiger charge is 2.24. The van der Waals surface area contributed by atoms with Crippen LogP contribution in [0, 0.1) is 6.92 Å². The number of aryl methyl sites for hydroxylation is 1.